The van der Waals surface area contributed by atoms with E-state index < -0.39 is 0 Å². The highest BCUT2D eigenvalue weighted by Crippen LogP contribution is 2.34. The fourth-order valence-electron chi connectivity index (χ4n) is 2.58. The number of amides is 1. The number of hydrogen-bond acceptors (Lipinski definition) is 3. The SMILES string of the molecule is COCC(=O)NCC1(c2ccc(Cl)cc2)CCOCC1. The molecular weight excluding hydrogens is 278 g/mol. The third-order valence-corrected chi connectivity index (χ3v) is 4.06. The Labute approximate surface area is 124 Å². The molecule has 0 atom stereocenters. The molecule has 1 heterocycles. The Morgan fingerprint density at radius 2 is 2.00 bits per heavy atom. The van der Waals surface area contributed by atoms with Gasteiger partial charge in [-0.3, -0.25) is 4.79 Å². The van der Waals surface area contributed by atoms with Crippen LogP contribution in [-0.4, -0.2) is 39.4 Å². The van der Waals surface area contributed by atoms with Crippen LogP contribution in [0.15, 0.2) is 24.3 Å². The minimum atomic E-state index is -0.0904. The molecule has 0 aromatic heterocycles. The summed E-state index contributed by atoms with van der Waals surface area (Å²) >= 11 is 5.95. The quantitative estimate of drug-likeness (QED) is 0.906. The summed E-state index contributed by atoms with van der Waals surface area (Å²) in [4.78, 5) is 11.6. The summed E-state index contributed by atoms with van der Waals surface area (Å²) in [5.74, 6) is -0.0904. The van der Waals surface area contributed by atoms with Crippen molar-refractivity contribution in [1.82, 2.24) is 5.32 Å². The predicted octanol–water partition coefficient (Wildman–Crippen LogP) is 2.15. The van der Waals surface area contributed by atoms with E-state index in [1.807, 2.05) is 24.3 Å². The van der Waals surface area contributed by atoms with Gasteiger partial charge in [-0.05, 0) is 30.5 Å². The molecule has 2 rings (SSSR count). The number of halogens is 1. The van der Waals surface area contributed by atoms with Crippen LogP contribution < -0.4 is 5.32 Å². The number of ether oxygens (including phenoxy) is 2. The van der Waals surface area contributed by atoms with Gasteiger partial charge in [0.2, 0.25) is 5.91 Å². The van der Waals surface area contributed by atoms with E-state index in [1.165, 1.54) is 12.7 Å². The molecule has 1 aromatic carbocycles. The van der Waals surface area contributed by atoms with Gasteiger partial charge in [0.15, 0.2) is 0 Å². The molecule has 0 radical (unpaired) electrons. The van der Waals surface area contributed by atoms with E-state index in [4.69, 9.17) is 21.1 Å². The summed E-state index contributed by atoms with van der Waals surface area (Å²) in [6.45, 7) is 2.11. The predicted molar refractivity (Wildman–Crippen MR) is 78.1 cm³/mol. The van der Waals surface area contributed by atoms with Crippen LogP contribution in [0.1, 0.15) is 18.4 Å². The number of nitrogens with one attached hydrogen (secondary N) is 1. The topological polar surface area (TPSA) is 47.6 Å². The van der Waals surface area contributed by atoms with Gasteiger partial charge in [0.25, 0.3) is 0 Å². The van der Waals surface area contributed by atoms with E-state index in [0.29, 0.717) is 19.8 Å². The third-order valence-electron chi connectivity index (χ3n) is 3.81. The van der Waals surface area contributed by atoms with Crippen LogP contribution in [-0.2, 0) is 19.7 Å². The van der Waals surface area contributed by atoms with Crippen molar-refractivity contribution in [2.24, 2.45) is 0 Å². The number of carbonyl (C=O) groups excluding carboxylic acids is 1. The lowest BCUT2D eigenvalue weighted by Gasteiger charge is -2.38. The highest BCUT2D eigenvalue weighted by molar-refractivity contribution is 6.30. The number of rotatable bonds is 5. The largest absolute Gasteiger partial charge is 0.381 e. The van der Waals surface area contributed by atoms with Gasteiger partial charge in [-0.2, -0.15) is 0 Å². The standard InChI is InChI=1S/C15H20ClNO3/c1-19-10-14(18)17-11-15(6-8-20-9-7-15)12-2-4-13(16)5-3-12/h2-5H,6-11H2,1H3,(H,17,18). The zero-order chi connectivity index (χ0) is 14.4. The Kier molecular flexibility index (Phi) is 5.40. The van der Waals surface area contributed by atoms with Crippen molar-refractivity contribution < 1.29 is 14.3 Å². The van der Waals surface area contributed by atoms with Crippen molar-refractivity contribution in [3.05, 3.63) is 34.9 Å². The summed E-state index contributed by atoms with van der Waals surface area (Å²) in [5, 5.41) is 3.68. The van der Waals surface area contributed by atoms with E-state index in [9.17, 15) is 4.79 Å². The Balaban J connectivity index is 2.12. The van der Waals surface area contributed by atoms with Crippen molar-refractivity contribution >= 4 is 17.5 Å². The average Bonchev–Trinajstić information content (AvgIpc) is 2.47. The molecule has 20 heavy (non-hydrogen) atoms. The Bertz CT molecular complexity index is 441. The molecule has 0 bridgehead atoms. The molecule has 1 aliphatic heterocycles. The van der Waals surface area contributed by atoms with E-state index >= 15 is 0 Å². The Hall–Kier alpha value is -1.10. The molecule has 1 saturated heterocycles. The van der Waals surface area contributed by atoms with Crippen LogP contribution in [0.5, 0.6) is 0 Å². The second-order valence-electron chi connectivity index (χ2n) is 5.11. The summed E-state index contributed by atoms with van der Waals surface area (Å²) in [6.07, 6.45) is 1.78. The first kappa shape index (κ1) is 15.3. The maximum Gasteiger partial charge on any atom is 0.246 e. The summed E-state index contributed by atoms with van der Waals surface area (Å²) in [5.41, 5.74) is 1.12. The van der Waals surface area contributed by atoms with E-state index in [-0.39, 0.29) is 17.9 Å². The molecule has 0 unspecified atom stereocenters. The minimum Gasteiger partial charge on any atom is -0.381 e. The summed E-state index contributed by atoms with van der Waals surface area (Å²) in [6, 6.07) is 7.86. The first-order valence-electron chi connectivity index (χ1n) is 6.76. The van der Waals surface area contributed by atoms with E-state index in [0.717, 1.165) is 17.9 Å². The number of methoxy groups -OCH3 is 1. The van der Waals surface area contributed by atoms with Crippen molar-refractivity contribution in [3.63, 3.8) is 0 Å². The number of carbonyl (C=O) groups is 1. The van der Waals surface area contributed by atoms with Crippen molar-refractivity contribution in [1.29, 1.82) is 0 Å². The van der Waals surface area contributed by atoms with Crippen molar-refractivity contribution in [3.8, 4) is 0 Å². The lowest BCUT2D eigenvalue weighted by molar-refractivity contribution is -0.125. The Morgan fingerprint density at radius 3 is 2.60 bits per heavy atom. The zero-order valence-electron chi connectivity index (χ0n) is 11.7. The zero-order valence-corrected chi connectivity index (χ0v) is 12.4. The molecule has 4 nitrogen and oxygen atoms in total. The van der Waals surface area contributed by atoms with Crippen LogP contribution in [0, 0.1) is 0 Å². The van der Waals surface area contributed by atoms with Crippen LogP contribution >= 0.6 is 11.6 Å². The van der Waals surface area contributed by atoms with Crippen molar-refractivity contribution in [2.45, 2.75) is 18.3 Å². The maximum absolute atomic E-state index is 11.6. The van der Waals surface area contributed by atoms with Crippen LogP contribution in [0.3, 0.4) is 0 Å². The van der Waals surface area contributed by atoms with Gasteiger partial charge in [0.1, 0.15) is 6.61 Å². The molecule has 110 valence electrons. The van der Waals surface area contributed by atoms with Gasteiger partial charge < -0.3 is 14.8 Å². The molecule has 5 heteroatoms. The molecule has 1 aromatic rings. The molecule has 1 N–H and O–H groups in total. The lowest BCUT2D eigenvalue weighted by atomic mass is 9.74. The van der Waals surface area contributed by atoms with Gasteiger partial charge in [0.05, 0.1) is 0 Å². The fourth-order valence-corrected chi connectivity index (χ4v) is 2.71. The van der Waals surface area contributed by atoms with Crippen LogP contribution in [0.25, 0.3) is 0 Å². The monoisotopic (exact) mass is 297 g/mol. The highest BCUT2D eigenvalue weighted by atomic mass is 35.5. The normalized spacial score (nSPS) is 17.7. The fraction of sp³-hybridized carbons (Fsp3) is 0.533. The van der Waals surface area contributed by atoms with Gasteiger partial charge >= 0.3 is 0 Å². The summed E-state index contributed by atoms with van der Waals surface area (Å²) < 4.78 is 10.3. The van der Waals surface area contributed by atoms with Gasteiger partial charge in [0, 0.05) is 37.3 Å². The number of hydrogen-bond donors (Lipinski definition) is 1. The number of benzene rings is 1. The van der Waals surface area contributed by atoms with Gasteiger partial charge in [-0.15, -0.1) is 0 Å². The average molecular weight is 298 g/mol. The second-order valence-corrected chi connectivity index (χ2v) is 5.55. The van der Waals surface area contributed by atoms with Gasteiger partial charge in [-0.25, -0.2) is 0 Å². The van der Waals surface area contributed by atoms with Gasteiger partial charge in [-0.1, -0.05) is 23.7 Å². The maximum atomic E-state index is 11.6. The first-order chi connectivity index (χ1) is 9.66. The van der Waals surface area contributed by atoms with Crippen LogP contribution in [0.4, 0.5) is 0 Å². The molecule has 1 fully saturated rings. The smallest absolute Gasteiger partial charge is 0.246 e. The minimum absolute atomic E-state index is 0.0771. The third kappa shape index (κ3) is 3.72. The van der Waals surface area contributed by atoms with E-state index in [1.54, 1.807) is 0 Å². The Morgan fingerprint density at radius 1 is 1.35 bits per heavy atom. The first-order valence-corrected chi connectivity index (χ1v) is 7.13. The lowest BCUT2D eigenvalue weighted by Crippen LogP contribution is -2.45. The van der Waals surface area contributed by atoms with Crippen LogP contribution in [0.2, 0.25) is 5.02 Å². The molecule has 0 saturated carbocycles. The summed E-state index contributed by atoms with van der Waals surface area (Å²) in [7, 11) is 1.52. The highest BCUT2D eigenvalue weighted by Gasteiger charge is 2.34. The molecular formula is C15H20ClNO3. The molecule has 1 amide bonds. The second kappa shape index (κ2) is 7.07. The molecule has 0 aliphatic carbocycles. The van der Waals surface area contributed by atoms with E-state index in [2.05, 4.69) is 5.32 Å². The van der Waals surface area contributed by atoms with Crippen molar-refractivity contribution in [2.75, 3.05) is 33.5 Å². The molecule has 0 spiro atoms. The molecule has 1 aliphatic rings.